The molecule has 224 valence electrons. The Hall–Kier alpha value is -6.52. The van der Waals surface area contributed by atoms with Gasteiger partial charge in [-0.25, -0.2) is 9.97 Å². The number of hydrogen-bond donors (Lipinski definition) is 0. The molecule has 0 aliphatic carbocycles. The minimum absolute atomic E-state index is 0.708. The molecular weight excluding hydrogens is 585 g/mol. The molecule has 0 bridgehead atoms. The first-order valence-corrected chi connectivity index (χ1v) is 16.3. The van der Waals surface area contributed by atoms with Crippen LogP contribution in [-0.4, -0.2) is 19.1 Å². The van der Waals surface area contributed by atoms with Crippen LogP contribution in [0.25, 0.3) is 88.4 Å². The topological polar surface area (TPSA) is 35.6 Å². The second kappa shape index (κ2) is 10.5. The molecule has 0 saturated carbocycles. The van der Waals surface area contributed by atoms with Crippen LogP contribution in [0.2, 0.25) is 0 Å². The molecule has 4 nitrogen and oxygen atoms in total. The van der Waals surface area contributed by atoms with Gasteiger partial charge in [0.2, 0.25) is 0 Å². The molecule has 0 radical (unpaired) electrons. The molecule has 0 saturated heterocycles. The maximum atomic E-state index is 5.30. The molecule has 3 aromatic heterocycles. The number of para-hydroxylation sites is 3. The van der Waals surface area contributed by atoms with E-state index in [1.54, 1.807) is 0 Å². The van der Waals surface area contributed by atoms with E-state index in [-0.39, 0.29) is 0 Å². The van der Waals surface area contributed by atoms with Crippen LogP contribution >= 0.6 is 0 Å². The summed E-state index contributed by atoms with van der Waals surface area (Å²) in [6, 6.07) is 57.9. The van der Waals surface area contributed by atoms with Crippen molar-refractivity contribution in [3.05, 3.63) is 170 Å². The van der Waals surface area contributed by atoms with Gasteiger partial charge in [0.05, 0.1) is 27.8 Å². The normalized spacial score (nSPS) is 11.8. The fourth-order valence-corrected chi connectivity index (χ4v) is 7.39. The molecule has 48 heavy (non-hydrogen) atoms. The molecular formula is C44H28N4. The molecule has 0 aliphatic rings. The van der Waals surface area contributed by atoms with E-state index in [9.17, 15) is 0 Å². The van der Waals surface area contributed by atoms with Crippen molar-refractivity contribution in [2.24, 2.45) is 0 Å². The van der Waals surface area contributed by atoms with Crippen molar-refractivity contribution in [3.8, 4) is 34.0 Å². The predicted molar refractivity (Wildman–Crippen MR) is 199 cm³/mol. The summed E-state index contributed by atoms with van der Waals surface area (Å²) in [5.74, 6) is 0.708. The Morgan fingerprint density at radius 1 is 0.438 bits per heavy atom. The molecule has 4 heteroatoms. The van der Waals surface area contributed by atoms with E-state index in [0.29, 0.717) is 5.82 Å². The lowest BCUT2D eigenvalue weighted by Gasteiger charge is -2.13. The van der Waals surface area contributed by atoms with Crippen molar-refractivity contribution in [1.29, 1.82) is 0 Å². The first kappa shape index (κ1) is 26.7. The monoisotopic (exact) mass is 612 g/mol. The van der Waals surface area contributed by atoms with Crippen molar-refractivity contribution in [1.82, 2.24) is 19.1 Å². The number of fused-ring (bicyclic) bond motifs is 7. The van der Waals surface area contributed by atoms with Crippen LogP contribution in [-0.2, 0) is 0 Å². The van der Waals surface area contributed by atoms with E-state index in [0.717, 1.165) is 39.1 Å². The van der Waals surface area contributed by atoms with Gasteiger partial charge in [0, 0.05) is 50.2 Å². The molecule has 10 rings (SSSR count). The third-order valence-electron chi connectivity index (χ3n) is 9.55. The molecule has 0 atom stereocenters. The third kappa shape index (κ3) is 4.03. The summed E-state index contributed by atoms with van der Waals surface area (Å²) < 4.78 is 4.67. The van der Waals surface area contributed by atoms with Gasteiger partial charge in [0.15, 0.2) is 5.82 Å². The van der Waals surface area contributed by atoms with E-state index >= 15 is 0 Å². The van der Waals surface area contributed by atoms with Gasteiger partial charge in [-0.2, -0.15) is 0 Å². The summed E-state index contributed by atoms with van der Waals surface area (Å²) in [7, 11) is 0. The summed E-state index contributed by atoms with van der Waals surface area (Å²) in [6.07, 6.45) is 2.18. The smallest absolute Gasteiger partial charge is 0.160 e. The van der Waals surface area contributed by atoms with Crippen molar-refractivity contribution in [2.45, 2.75) is 0 Å². The van der Waals surface area contributed by atoms with Crippen LogP contribution in [0.4, 0.5) is 0 Å². The van der Waals surface area contributed by atoms with Gasteiger partial charge in [-0.05, 0) is 59.3 Å². The lowest BCUT2D eigenvalue weighted by Crippen LogP contribution is -1.98. The van der Waals surface area contributed by atoms with Gasteiger partial charge in [0.1, 0.15) is 0 Å². The first-order valence-electron chi connectivity index (χ1n) is 16.3. The molecule has 0 spiro atoms. The maximum absolute atomic E-state index is 5.30. The van der Waals surface area contributed by atoms with Crippen molar-refractivity contribution in [3.63, 3.8) is 0 Å². The maximum Gasteiger partial charge on any atom is 0.160 e. The van der Waals surface area contributed by atoms with Gasteiger partial charge in [0.25, 0.3) is 0 Å². The molecule has 0 N–H and O–H groups in total. The lowest BCUT2D eigenvalue weighted by atomic mass is 9.99. The molecule has 0 unspecified atom stereocenters. The number of nitrogens with zero attached hydrogens (tertiary/aromatic N) is 4. The summed E-state index contributed by atoms with van der Waals surface area (Å²) >= 11 is 0. The van der Waals surface area contributed by atoms with Gasteiger partial charge in [-0.3, -0.25) is 0 Å². The van der Waals surface area contributed by atoms with Gasteiger partial charge in [-0.1, -0.05) is 115 Å². The zero-order chi connectivity index (χ0) is 31.6. The average molecular weight is 613 g/mol. The predicted octanol–water partition coefficient (Wildman–Crippen LogP) is 11.2. The number of hydrogen-bond acceptors (Lipinski definition) is 2. The lowest BCUT2D eigenvalue weighted by molar-refractivity contribution is 1.13. The molecule has 3 heterocycles. The van der Waals surface area contributed by atoms with E-state index in [2.05, 4.69) is 173 Å². The summed E-state index contributed by atoms with van der Waals surface area (Å²) in [4.78, 5) is 10.4. The minimum Gasteiger partial charge on any atom is -0.316 e. The van der Waals surface area contributed by atoms with Crippen molar-refractivity contribution < 1.29 is 0 Å². The fourth-order valence-electron chi connectivity index (χ4n) is 7.39. The summed E-state index contributed by atoms with van der Waals surface area (Å²) in [5, 5.41) is 7.09. The van der Waals surface area contributed by atoms with Crippen LogP contribution in [0.1, 0.15) is 0 Å². The molecule has 10 aromatic rings. The average Bonchev–Trinajstić information content (AvgIpc) is 3.74. The second-order valence-electron chi connectivity index (χ2n) is 12.3. The molecule has 0 aliphatic heterocycles. The molecule has 0 fully saturated rings. The number of benzene rings is 7. The standard InChI is InChI=1S/C44H28N4/c1-2-15-31(16-3-1)47-27-26-38-40(47)25-24-36-34-19-7-9-23-41(34)48(43(36)38)32-17-10-14-30(28-32)44-45-39-22-8-6-20-37(39)42(46-44)35-21-11-13-29-12-4-5-18-33(29)35/h1-28H. The van der Waals surface area contributed by atoms with Crippen LogP contribution < -0.4 is 0 Å². The van der Waals surface area contributed by atoms with E-state index < -0.39 is 0 Å². The van der Waals surface area contributed by atoms with Gasteiger partial charge < -0.3 is 9.13 Å². The number of rotatable bonds is 4. The Morgan fingerprint density at radius 3 is 2.08 bits per heavy atom. The SMILES string of the molecule is c1ccc(-n2ccc3c2ccc2c4ccccc4n(-c4cccc(-c5nc(-c6cccc7ccccc67)c6ccccc6n5)c4)c23)cc1. The zero-order valence-corrected chi connectivity index (χ0v) is 26.0. The highest BCUT2D eigenvalue weighted by Crippen LogP contribution is 2.39. The Labute approximate surface area is 276 Å². The Kier molecular flexibility index (Phi) is 5.84. The van der Waals surface area contributed by atoms with Crippen molar-refractivity contribution >= 4 is 54.4 Å². The minimum atomic E-state index is 0.708. The molecule has 0 amide bonds. The third-order valence-corrected chi connectivity index (χ3v) is 9.55. The Bertz CT molecular complexity index is 2840. The Morgan fingerprint density at radius 2 is 1.17 bits per heavy atom. The quantitative estimate of drug-likeness (QED) is 0.198. The fraction of sp³-hybridized carbons (Fsp3) is 0. The zero-order valence-electron chi connectivity index (χ0n) is 26.0. The largest absolute Gasteiger partial charge is 0.316 e. The highest BCUT2D eigenvalue weighted by molar-refractivity contribution is 6.18. The molecule has 7 aromatic carbocycles. The van der Waals surface area contributed by atoms with Crippen LogP contribution in [0.5, 0.6) is 0 Å². The summed E-state index contributed by atoms with van der Waals surface area (Å²) in [5.41, 5.74) is 9.70. The van der Waals surface area contributed by atoms with Crippen LogP contribution in [0.3, 0.4) is 0 Å². The highest BCUT2D eigenvalue weighted by atomic mass is 15.0. The first-order chi connectivity index (χ1) is 23.8. The highest BCUT2D eigenvalue weighted by Gasteiger charge is 2.18. The van der Waals surface area contributed by atoms with Crippen LogP contribution in [0, 0.1) is 0 Å². The van der Waals surface area contributed by atoms with E-state index in [4.69, 9.17) is 9.97 Å². The van der Waals surface area contributed by atoms with Crippen molar-refractivity contribution in [2.75, 3.05) is 0 Å². The Balaban J connectivity index is 1.21. The number of aromatic nitrogens is 4. The van der Waals surface area contributed by atoms with E-state index in [1.165, 1.54) is 43.5 Å². The second-order valence-corrected chi connectivity index (χ2v) is 12.3. The summed E-state index contributed by atoms with van der Waals surface area (Å²) in [6.45, 7) is 0. The van der Waals surface area contributed by atoms with E-state index in [1.807, 2.05) is 6.07 Å². The van der Waals surface area contributed by atoms with Gasteiger partial charge in [-0.15, -0.1) is 0 Å². The van der Waals surface area contributed by atoms with Crippen LogP contribution in [0.15, 0.2) is 170 Å². The van der Waals surface area contributed by atoms with Gasteiger partial charge >= 0.3 is 0 Å².